The summed E-state index contributed by atoms with van der Waals surface area (Å²) in [7, 11) is 3.45. The number of ether oxygens (including phenoxy) is 1. The van der Waals surface area contributed by atoms with E-state index in [1.807, 2.05) is 13.1 Å². The van der Waals surface area contributed by atoms with Crippen molar-refractivity contribution in [2.24, 2.45) is 7.05 Å². The maximum Gasteiger partial charge on any atom is 0.271 e. The lowest BCUT2D eigenvalue weighted by Gasteiger charge is -2.17. The Bertz CT molecular complexity index is 593. The van der Waals surface area contributed by atoms with E-state index >= 15 is 0 Å². The molecule has 0 aliphatic rings. The Morgan fingerprint density at radius 1 is 1.57 bits per heavy atom. The summed E-state index contributed by atoms with van der Waals surface area (Å²) >= 11 is 1.52. The van der Waals surface area contributed by atoms with Gasteiger partial charge in [-0.25, -0.2) is 4.98 Å². The van der Waals surface area contributed by atoms with Crippen molar-refractivity contribution in [1.82, 2.24) is 20.1 Å². The molecular formula is C14H20N4O2S. The van der Waals surface area contributed by atoms with E-state index in [-0.39, 0.29) is 11.9 Å². The third-order valence-corrected chi connectivity index (χ3v) is 4.01. The first kappa shape index (κ1) is 15.7. The Morgan fingerprint density at radius 3 is 3.00 bits per heavy atom. The minimum Gasteiger partial charge on any atom is -0.382 e. The molecule has 0 saturated heterocycles. The Kier molecular flexibility index (Phi) is 5.46. The number of nitrogens with zero attached hydrogens (tertiary/aromatic N) is 3. The number of nitrogens with one attached hydrogen (secondary N) is 1. The quantitative estimate of drug-likeness (QED) is 0.849. The highest BCUT2D eigenvalue weighted by atomic mass is 32.1. The number of aryl methyl sites for hydroxylation is 2. The van der Waals surface area contributed by atoms with Gasteiger partial charge in [-0.15, -0.1) is 11.3 Å². The van der Waals surface area contributed by atoms with E-state index in [4.69, 9.17) is 4.74 Å². The molecule has 1 amide bonds. The third kappa shape index (κ3) is 3.89. The average Bonchev–Trinajstić information content (AvgIpc) is 3.08. The molecule has 0 bridgehead atoms. The molecule has 0 aromatic carbocycles. The zero-order valence-corrected chi connectivity index (χ0v) is 13.3. The van der Waals surface area contributed by atoms with E-state index < -0.39 is 0 Å². The Morgan fingerprint density at radius 2 is 2.38 bits per heavy atom. The third-order valence-electron chi connectivity index (χ3n) is 3.10. The lowest BCUT2D eigenvalue weighted by atomic mass is 10.2. The predicted molar refractivity (Wildman–Crippen MR) is 81.4 cm³/mol. The zero-order chi connectivity index (χ0) is 15.2. The summed E-state index contributed by atoms with van der Waals surface area (Å²) in [6, 6.07) is 1.62. The summed E-state index contributed by atoms with van der Waals surface area (Å²) in [4.78, 5) is 16.7. The molecule has 1 atom stereocenters. The molecular weight excluding hydrogens is 288 g/mol. The molecule has 0 saturated carbocycles. The average molecular weight is 308 g/mol. The van der Waals surface area contributed by atoms with Crippen LogP contribution in [-0.2, 0) is 18.2 Å². The molecule has 2 aromatic heterocycles. The molecule has 1 unspecified atom stereocenters. The molecule has 0 aliphatic carbocycles. The van der Waals surface area contributed by atoms with Crippen LogP contribution in [0.3, 0.4) is 0 Å². The molecule has 2 heterocycles. The van der Waals surface area contributed by atoms with Gasteiger partial charge in [0.1, 0.15) is 5.69 Å². The number of amides is 1. The van der Waals surface area contributed by atoms with Crippen molar-refractivity contribution in [3.8, 4) is 0 Å². The number of aromatic nitrogens is 3. The van der Waals surface area contributed by atoms with Crippen LogP contribution < -0.4 is 5.32 Å². The monoisotopic (exact) mass is 308 g/mol. The molecule has 0 spiro atoms. The zero-order valence-electron chi connectivity index (χ0n) is 12.5. The van der Waals surface area contributed by atoms with Gasteiger partial charge in [0.05, 0.1) is 23.4 Å². The molecule has 1 N–H and O–H groups in total. The van der Waals surface area contributed by atoms with Crippen molar-refractivity contribution >= 4 is 17.2 Å². The van der Waals surface area contributed by atoms with E-state index in [1.165, 1.54) is 11.3 Å². The smallest absolute Gasteiger partial charge is 0.271 e. The van der Waals surface area contributed by atoms with Gasteiger partial charge in [0.2, 0.25) is 0 Å². The summed E-state index contributed by atoms with van der Waals surface area (Å²) < 4.78 is 6.92. The van der Waals surface area contributed by atoms with Crippen molar-refractivity contribution in [1.29, 1.82) is 0 Å². The molecule has 114 valence electrons. The number of methoxy groups -OCH3 is 1. The van der Waals surface area contributed by atoms with Crippen LogP contribution >= 0.6 is 11.3 Å². The van der Waals surface area contributed by atoms with Crippen LogP contribution in [0.1, 0.15) is 40.6 Å². The first-order chi connectivity index (χ1) is 10.2. The fraction of sp³-hybridized carbons (Fsp3) is 0.500. The molecule has 7 heteroatoms. The van der Waals surface area contributed by atoms with Gasteiger partial charge in [-0.05, 0) is 18.9 Å². The van der Waals surface area contributed by atoms with Crippen molar-refractivity contribution in [2.75, 3.05) is 13.7 Å². The van der Waals surface area contributed by atoms with Gasteiger partial charge in [0.15, 0.2) is 0 Å². The van der Waals surface area contributed by atoms with E-state index in [2.05, 4.69) is 22.3 Å². The summed E-state index contributed by atoms with van der Waals surface area (Å²) in [5, 5.41) is 9.87. The Balaban J connectivity index is 2.09. The first-order valence-electron chi connectivity index (χ1n) is 6.87. The first-order valence-corrected chi connectivity index (χ1v) is 7.75. The van der Waals surface area contributed by atoms with Gasteiger partial charge in [-0.2, -0.15) is 5.10 Å². The number of rotatable bonds is 7. The van der Waals surface area contributed by atoms with Crippen LogP contribution in [0, 0.1) is 0 Å². The largest absolute Gasteiger partial charge is 0.382 e. The number of carbonyl (C=O) groups is 1. The maximum absolute atomic E-state index is 12.3. The second-order valence-electron chi connectivity index (χ2n) is 4.74. The highest BCUT2D eigenvalue weighted by Gasteiger charge is 2.20. The minimum atomic E-state index is -0.244. The van der Waals surface area contributed by atoms with Gasteiger partial charge in [-0.1, -0.05) is 6.92 Å². The van der Waals surface area contributed by atoms with Crippen molar-refractivity contribution in [3.05, 3.63) is 34.0 Å². The summed E-state index contributed by atoms with van der Waals surface area (Å²) in [6.07, 6.45) is 3.63. The number of thiazole rings is 1. The SMILES string of the molecule is CCCc1nc(C(=O)NC(COC)c2ccnn2C)cs1. The van der Waals surface area contributed by atoms with E-state index in [0.29, 0.717) is 12.3 Å². The molecule has 2 rings (SSSR count). The second-order valence-corrected chi connectivity index (χ2v) is 5.68. The second kappa shape index (κ2) is 7.33. The van der Waals surface area contributed by atoms with Gasteiger partial charge in [0, 0.05) is 25.7 Å². The van der Waals surface area contributed by atoms with E-state index in [9.17, 15) is 4.79 Å². The standard InChI is InChI=1S/C14H20N4O2S/c1-4-5-13-16-11(9-21-13)14(19)17-10(8-20-3)12-6-7-15-18(12)2/h6-7,9-10H,4-5,8H2,1-3H3,(H,17,19). The lowest BCUT2D eigenvalue weighted by molar-refractivity contribution is 0.0888. The fourth-order valence-electron chi connectivity index (χ4n) is 2.07. The van der Waals surface area contributed by atoms with Gasteiger partial charge in [0.25, 0.3) is 5.91 Å². The molecule has 2 aromatic rings. The maximum atomic E-state index is 12.3. The van der Waals surface area contributed by atoms with Crippen LogP contribution in [0.25, 0.3) is 0 Å². The molecule has 0 radical (unpaired) electrons. The van der Waals surface area contributed by atoms with Crippen molar-refractivity contribution < 1.29 is 9.53 Å². The van der Waals surface area contributed by atoms with Crippen LogP contribution in [0.5, 0.6) is 0 Å². The Labute approximate surface area is 128 Å². The van der Waals surface area contributed by atoms with Gasteiger partial charge in [-0.3, -0.25) is 9.48 Å². The van der Waals surface area contributed by atoms with E-state index in [0.717, 1.165) is 23.5 Å². The topological polar surface area (TPSA) is 69.0 Å². The number of hydrogen-bond donors (Lipinski definition) is 1. The fourth-order valence-corrected chi connectivity index (χ4v) is 2.95. The van der Waals surface area contributed by atoms with Crippen molar-refractivity contribution in [2.45, 2.75) is 25.8 Å². The van der Waals surface area contributed by atoms with Crippen LogP contribution in [0.15, 0.2) is 17.6 Å². The summed E-state index contributed by atoms with van der Waals surface area (Å²) in [6.45, 7) is 2.48. The molecule has 0 fully saturated rings. The van der Waals surface area contributed by atoms with Crippen LogP contribution in [0.4, 0.5) is 0 Å². The van der Waals surface area contributed by atoms with E-state index in [1.54, 1.807) is 23.4 Å². The van der Waals surface area contributed by atoms with Crippen LogP contribution in [-0.4, -0.2) is 34.4 Å². The summed E-state index contributed by atoms with van der Waals surface area (Å²) in [5.74, 6) is -0.183. The Hall–Kier alpha value is -1.73. The molecule has 0 aliphatic heterocycles. The number of hydrogen-bond acceptors (Lipinski definition) is 5. The summed E-state index contributed by atoms with van der Waals surface area (Å²) in [5.41, 5.74) is 1.36. The predicted octanol–water partition coefficient (Wildman–Crippen LogP) is 1.95. The highest BCUT2D eigenvalue weighted by Crippen LogP contribution is 2.15. The molecule has 21 heavy (non-hydrogen) atoms. The normalized spacial score (nSPS) is 12.3. The lowest BCUT2D eigenvalue weighted by Crippen LogP contribution is -2.32. The van der Waals surface area contributed by atoms with Gasteiger partial charge < -0.3 is 10.1 Å². The minimum absolute atomic E-state index is 0.183. The van der Waals surface area contributed by atoms with Gasteiger partial charge >= 0.3 is 0 Å². The highest BCUT2D eigenvalue weighted by molar-refractivity contribution is 7.09. The number of carbonyl (C=O) groups excluding carboxylic acids is 1. The van der Waals surface area contributed by atoms with Crippen LogP contribution in [0.2, 0.25) is 0 Å². The van der Waals surface area contributed by atoms with Crippen molar-refractivity contribution in [3.63, 3.8) is 0 Å². The molecule has 6 nitrogen and oxygen atoms in total.